The minimum absolute atomic E-state index is 0.490. The Balaban J connectivity index is 2.35. The van der Waals surface area contributed by atoms with Crippen molar-refractivity contribution in [1.29, 1.82) is 5.26 Å². The highest BCUT2D eigenvalue weighted by atomic mass is 79.9. The van der Waals surface area contributed by atoms with Crippen molar-refractivity contribution in [2.75, 3.05) is 31.6 Å². The monoisotopic (exact) mass is 335 g/mol. The summed E-state index contributed by atoms with van der Waals surface area (Å²) in [7, 11) is 2.19. The van der Waals surface area contributed by atoms with Gasteiger partial charge in [0.25, 0.3) is 0 Å². The summed E-state index contributed by atoms with van der Waals surface area (Å²) in [4.78, 5) is 4.83. The van der Waals surface area contributed by atoms with E-state index in [9.17, 15) is 5.26 Å². The summed E-state index contributed by atoms with van der Waals surface area (Å²) in [6.07, 6.45) is 2.26. The molecule has 1 aliphatic heterocycles. The van der Waals surface area contributed by atoms with Gasteiger partial charge in [-0.25, -0.2) is 0 Å². The van der Waals surface area contributed by atoms with E-state index in [1.54, 1.807) is 0 Å². The zero-order chi connectivity index (χ0) is 14.5. The minimum Gasteiger partial charge on any atom is -0.366 e. The Morgan fingerprint density at radius 3 is 2.85 bits per heavy atom. The molecular formula is C16H22BrN3. The largest absolute Gasteiger partial charge is 0.366 e. The summed E-state index contributed by atoms with van der Waals surface area (Å²) in [6, 6.07) is 9.09. The third-order valence-corrected chi connectivity index (χ3v) is 4.67. The van der Waals surface area contributed by atoms with Crippen LogP contribution in [-0.2, 0) is 5.33 Å². The van der Waals surface area contributed by atoms with Gasteiger partial charge in [0.1, 0.15) is 6.07 Å². The van der Waals surface area contributed by atoms with Crippen LogP contribution in [0.2, 0.25) is 0 Å². The van der Waals surface area contributed by atoms with Gasteiger partial charge in [-0.05, 0) is 44.1 Å². The summed E-state index contributed by atoms with van der Waals surface area (Å²) in [5, 5.41) is 10.2. The molecule has 1 saturated heterocycles. The van der Waals surface area contributed by atoms with Crippen molar-refractivity contribution in [3.8, 4) is 6.07 Å². The van der Waals surface area contributed by atoms with Crippen LogP contribution in [0.1, 0.15) is 30.9 Å². The van der Waals surface area contributed by atoms with E-state index < -0.39 is 0 Å². The number of benzene rings is 1. The molecule has 3 nitrogen and oxygen atoms in total. The molecule has 1 heterocycles. The van der Waals surface area contributed by atoms with E-state index in [0.29, 0.717) is 6.04 Å². The molecule has 1 atom stereocenters. The van der Waals surface area contributed by atoms with Gasteiger partial charge < -0.3 is 9.80 Å². The van der Waals surface area contributed by atoms with E-state index in [4.69, 9.17) is 0 Å². The average molecular weight is 336 g/mol. The number of halogens is 1. The third-order valence-electron chi connectivity index (χ3n) is 4.02. The Hall–Kier alpha value is -1.05. The predicted octanol–water partition coefficient (Wildman–Crippen LogP) is 3.37. The molecule has 0 radical (unpaired) electrons. The van der Waals surface area contributed by atoms with Crippen molar-refractivity contribution in [3.63, 3.8) is 0 Å². The van der Waals surface area contributed by atoms with Crippen molar-refractivity contribution < 1.29 is 0 Å². The molecule has 20 heavy (non-hydrogen) atoms. The van der Waals surface area contributed by atoms with Gasteiger partial charge in [-0.2, -0.15) is 5.26 Å². The fourth-order valence-corrected chi connectivity index (χ4v) is 3.26. The number of hydrogen-bond acceptors (Lipinski definition) is 3. The molecule has 0 aliphatic carbocycles. The second kappa shape index (κ2) is 7.10. The van der Waals surface area contributed by atoms with E-state index in [-0.39, 0.29) is 0 Å². The van der Waals surface area contributed by atoms with Gasteiger partial charge in [-0.1, -0.05) is 28.9 Å². The lowest BCUT2D eigenvalue weighted by Crippen LogP contribution is -2.40. The lowest BCUT2D eigenvalue weighted by molar-refractivity contribution is 0.328. The summed E-state index contributed by atoms with van der Waals surface area (Å²) in [5.41, 5.74) is 3.05. The summed E-state index contributed by atoms with van der Waals surface area (Å²) in [5.74, 6) is 0. The Morgan fingerprint density at radius 2 is 2.20 bits per heavy atom. The maximum Gasteiger partial charge on any atom is 0.101 e. The molecule has 4 heteroatoms. The average Bonchev–Trinajstić information content (AvgIpc) is 2.67. The fraction of sp³-hybridized carbons (Fsp3) is 0.562. The van der Waals surface area contributed by atoms with Gasteiger partial charge >= 0.3 is 0 Å². The van der Waals surface area contributed by atoms with Crippen LogP contribution in [0.4, 0.5) is 5.69 Å². The van der Waals surface area contributed by atoms with E-state index in [1.165, 1.54) is 0 Å². The summed E-state index contributed by atoms with van der Waals surface area (Å²) in [6.45, 7) is 5.47. The molecular weight excluding hydrogens is 314 g/mol. The van der Waals surface area contributed by atoms with Crippen molar-refractivity contribution in [1.82, 2.24) is 4.90 Å². The van der Waals surface area contributed by atoms with E-state index in [2.05, 4.69) is 57.9 Å². The number of rotatable bonds is 3. The Bertz CT molecular complexity index is 495. The molecule has 1 unspecified atom stereocenters. The highest BCUT2D eigenvalue weighted by Crippen LogP contribution is 2.27. The number of anilines is 1. The molecule has 2 rings (SSSR count). The second-order valence-corrected chi connectivity index (χ2v) is 6.03. The SMILES string of the molecule is CCC1CN(C)CCCN1c1ccc(CBr)cc1C#N. The highest BCUT2D eigenvalue weighted by molar-refractivity contribution is 9.08. The molecule has 1 aromatic rings. The molecule has 1 fully saturated rings. The Labute approximate surface area is 130 Å². The first kappa shape index (κ1) is 15.3. The van der Waals surface area contributed by atoms with Crippen LogP contribution in [0.3, 0.4) is 0 Å². The third kappa shape index (κ3) is 3.34. The van der Waals surface area contributed by atoms with E-state index in [1.807, 2.05) is 6.07 Å². The van der Waals surface area contributed by atoms with Gasteiger partial charge in [-0.3, -0.25) is 0 Å². The van der Waals surface area contributed by atoms with Gasteiger partial charge in [-0.15, -0.1) is 0 Å². The molecule has 0 saturated carbocycles. The summed E-state index contributed by atoms with van der Waals surface area (Å²) < 4.78 is 0. The quantitative estimate of drug-likeness (QED) is 0.793. The zero-order valence-electron chi connectivity index (χ0n) is 12.3. The van der Waals surface area contributed by atoms with Crippen molar-refractivity contribution in [2.24, 2.45) is 0 Å². The molecule has 1 aliphatic rings. The maximum atomic E-state index is 9.45. The van der Waals surface area contributed by atoms with Crippen molar-refractivity contribution in [2.45, 2.75) is 31.1 Å². The minimum atomic E-state index is 0.490. The topological polar surface area (TPSA) is 30.3 Å². The molecule has 108 valence electrons. The van der Waals surface area contributed by atoms with E-state index >= 15 is 0 Å². The van der Waals surface area contributed by atoms with Gasteiger partial charge in [0.2, 0.25) is 0 Å². The van der Waals surface area contributed by atoms with Crippen LogP contribution in [0, 0.1) is 11.3 Å². The van der Waals surface area contributed by atoms with Crippen LogP contribution >= 0.6 is 15.9 Å². The van der Waals surface area contributed by atoms with E-state index in [0.717, 1.165) is 54.6 Å². The first-order chi connectivity index (χ1) is 9.69. The molecule has 1 aromatic carbocycles. The predicted molar refractivity (Wildman–Crippen MR) is 87.3 cm³/mol. The van der Waals surface area contributed by atoms with Gasteiger partial charge in [0, 0.05) is 24.5 Å². The van der Waals surface area contributed by atoms with Crippen molar-refractivity contribution >= 4 is 21.6 Å². The first-order valence-electron chi connectivity index (χ1n) is 7.23. The van der Waals surface area contributed by atoms with Crippen LogP contribution in [0.15, 0.2) is 18.2 Å². The smallest absolute Gasteiger partial charge is 0.101 e. The molecule has 0 bridgehead atoms. The van der Waals surface area contributed by atoms with Gasteiger partial charge in [0.15, 0.2) is 0 Å². The first-order valence-corrected chi connectivity index (χ1v) is 8.36. The second-order valence-electron chi connectivity index (χ2n) is 5.47. The van der Waals surface area contributed by atoms with Crippen LogP contribution in [-0.4, -0.2) is 37.6 Å². The lowest BCUT2D eigenvalue weighted by atomic mass is 10.1. The molecule has 0 spiro atoms. The standard InChI is InChI=1S/C16H22BrN3/c1-3-15-12-19(2)7-4-8-20(15)16-6-5-13(10-17)9-14(16)11-18/h5-6,9,15H,3-4,7-8,10,12H2,1-2H3. The lowest BCUT2D eigenvalue weighted by Gasteiger charge is -2.33. The number of likely N-dealkylation sites (N-methyl/N-ethyl adjacent to an activating group) is 1. The number of hydrogen-bond donors (Lipinski definition) is 0. The normalized spacial score (nSPS) is 20.5. The van der Waals surface area contributed by atoms with Crippen LogP contribution in [0.25, 0.3) is 0 Å². The summed E-state index contributed by atoms with van der Waals surface area (Å²) >= 11 is 3.46. The molecule has 0 amide bonds. The van der Waals surface area contributed by atoms with Crippen LogP contribution in [0.5, 0.6) is 0 Å². The highest BCUT2D eigenvalue weighted by Gasteiger charge is 2.24. The number of alkyl halides is 1. The van der Waals surface area contributed by atoms with Gasteiger partial charge in [0.05, 0.1) is 11.3 Å². The zero-order valence-corrected chi connectivity index (χ0v) is 13.9. The Kier molecular flexibility index (Phi) is 5.45. The maximum absolute atomic E-state index is 9.45. The number of nitrogens with zero attached hydrogens (tertiary/aromatic N) is 3. The number of nitriles is 1. The Morgan fingerprint density at radius 1 is 1.40 bits per heavy atom. The molecule has 0 aromatic heterocycles. The van der Waals surface area contributed by atoms with Crippen LogP contribution < -0.4 is 4.90 Å². The van der Waals surface area contributed by atoms with Crippen molar-refractivity contribution in [3.05, 3.63) is 29.3 Å². The fourth-order valence-electron chi connectivity index (χ4n) is 2.92. The molecule has 0 N–H and O–H groups in total.